The number of hydrogen-bond donors (Lipinski definition) is 0. The standard InChI is InChI=1S/C22H30F2N2O5/c1-6-10-29-16-11-18(23)17(19(24)12-16)14-30-21(28)26-9-8-25(13-15(26)7-2)20(27)31-22(3,4)5/h6,11-12,15H,1,7-10,13-14H2,2-5H3/t15-/m1/s1. The molecule has 1 aliphatic rings. The third kappa shape index (κ3) is 6.83. The first-order chi connectivity index (χ1) is 14.6. The number of ether oxygens (including phenoxy) is 3. The van der Waals surface area contributed by atoms with Crippen molar-refractivity contribution >= 4 is 12.2 Å². The van der Waals surface area contributed by atoms with E-state index in [0.29, 0.717) is 13.0 Å². The fourth-order valence-electron chi connectivity index (χ4n) is 3.11. The van der Waals surface area contributed by atoms with Crippen LogP contribution in [0.1, 0.15) is 39.7 Å². The Kier molecular flexibility index (Phi) is 8.24. The van der Waals surface area contributed by atoms with Crippen LogP contribution in [0.15, 0.2) is 24.8 Å². The molecule has 0 aliphatic carbocycles. The Balaban J connectivity index is 1.98. The minimum absolute atomic E-state index is 0.0225. The molecule has 0 unspecified atom stereocenters. The van der Waals surface area contributed by atoms with Crippen LogP contribution in [0.25, 0.3) is 0 Å². The number of piperazine rings is 1. The molecule has 1 atom stereocenters. The van der Waals surface area contributed by atoms with Gasteiger partial charge >= 0.3 is 12.2 Å². The summed E-state index contributed by atoms with van der Waals surface area (Å²) >= 11 is 0. The van der Waals surface area contributed by atoms with Crippen molar-refractivity contribution in [3.05, 3.63) is 42.0 Å². The molecule has 172 valence electrons. The number of benzene rings is 1. The van der Waals surface area contributed by atoms with Gasteiger partial charge in [0, 0.05) is 31.8 Å². The predicted octanol–water partition coefficient (Wildman–Crippen LogP) is 4.50. The van der Waals surface area contributed by atoms with E-state index in [9.17, 15) is 18.4 Å². The average Bonchev–Trinajstić information content (AvgIpc) is 2.69. The van der Waals surface area contributed by atoms with Crippen molar-refractivity contribution in [2.45, 2.75) is 52.4 Å². The molecule has 1 aliphatic heterocycles. The molecule has 0 N–H and O–H groups in total. The maximum absolute atomic E-state index is 14.2. The van der Waals surface area contributed by atoms with Crippen molar-refractivity contribution in [2.75, 3.05) is 26.2 Å². The number of carbonyl (C=O) groups is 2. The average molecular weight is 440 g/mol. The number of nitrogens with zero attached hydrogens (tertiary/aromatic N) is 2. The van der Waals surface area contributed by atoms with Gasteiger partial charge in [-0.05, 0) is 27.2 Å². The van der Waals surface area contributed by atoms with Gasteiger partial charge in [0.05, 0.1) is 11.6 Å². The number of amides is 2. The molecular weight excluding hydrogens is 410 g/mol. The van der Waals surface area contributed by atoms with E-state index in [1.807, 2.05) is 6.92 Å². The number of hydrogen-bond acceptors (Lipinski definition) is 5. The van der Waals surface area contributed by atoms with Crippen LogP contribution >= 0.6 is 0 Å². The molecule has 0 bridgehead atoms. The van der Waals surface area contributed by atoms with Crippen molar-refractivity contribution in [1.29, 1.82) is 0 Å². The van der Waals surface area contributed by atoms with Gasteiger partial charge in [-0.15, -0.1) is 0 Å². The van der Waals surface area contributed by atoms with Crippen molar-refractivity contribution in [3.8, 4) is 5.75 Å². The van der Waals surface area contributed by atoms with E-state index in [1.54, 1.807) is 25.7 Å². The number of halogens is 2. The molecule has 1 fully saturated rings. The molecule has 1 aromatic rings. The molecule has 0 radical (unpaired) electrons. The highest BCUT2D eigenvalue weighted by atomic mass is 19.1. The van der Waals surface area contributed by atoms with E-state index in [2.05, 4.69) is 6.58 Å². The van der Waals surface area contributed by atoms with Gasteiger partial charge in [-0.1, -0.05) is 19.6 Å². The second kappa shape index (κ2) is 10.5. The first-order valence-electron chi connectivity index (χ1n) is 10.2. The van der Waals surface area contributed by atoms with E-state index in [1.165, 1.54) is 11.0 Å². The minimum atomic E-state index is -0.867. The molecule has 1 heterocycles. The van der Waals surface area contributed by atoms with Crippen molar-refractivity contribution in [1.82, 2.24) is 9.80 Å². The SMILES string of the molecule is C=CCOc1cc(F)c(COC(=O)N2CCN(C(=O)OC(C)(C)C)C[C@H]2CC)c(F)c1. The molecule has 31 heavy (non-hydrogen) atoms. The summed E-state index contributed by atoms with van der Waals surface area (Å²) in [5, 5.41) is 0. The highest BCUT2D eigenvalue weighted by Crippen LogP contribution is 2.23. The summed E-state index contributed by atoms with van der Waals surface area (Å²) in [4.78, 5) is 27.9. The molecule has 0 saturated carbocycles. The van der Waals surface area contributed by atoms with Gasteiger partial charge in [-0.25, -0.2) is 18.4 Å². The summed E-state index contributed by atoms with van der Waals surface area (Å²) in [7, 11) is 0. The monoisotopic (exact) mass is 440 g/mol. The summed E-state index contributed by atoms with van der Waals surface area (Å²) in [5.41, 5.74) is -0.977. The van der Waals surface area contributed by atoms with E-state index >= 15 is 0 Å². The molecular formula is C22H30F2N2O5. The first kappa shape index (κ1) is 24.4. The summed E-state index contributed by atoms with van der Waals surface area (Å²) in [6.07, 6.45) is 0.897. The molecule has 0 spiro atoms. The van der Waals surface area contributed by atoms with Crippen molar-refractivity contribution in [2.24, 2.45) is 0 Å². The largest absolute Gasteiger partial charge is 0.489 e. The number of carbonyl (C=O) groups excluding carboxylic acids is 2. The normalized spacial score (nSPS) is 16.6. The Bertz CT molecular complexity index is 787. The molecule has 2 amide bonds. The van der Waals surface area contributed by atoms with Crippen LogP contribution in [-0.4, -0.2) is 59.9 Å². The summed E-state index contributed by atoms with van der Waals surface area (Å²) in [6, 6.07) is 1.77. The zero-order chi connectivity index (χ0) is 23.2. The Labute approximate surface area is 181 Å². The van der Waals surface area contributed by atoms with Gasteiger partial charge < -0.3 is 24.0 Å². The molecule has 2 rings (SSSR count). The second-order valence-electron chi connectivity index (χ2n) is 8.20. The highest BCUT2D eigenvalue weighted by Gasteiger charge is 2.34. The highest BCUT2D eigenvalue weighted by molar-refractivity contribution is 5.71. The zero-order valence-electron chi connectivity index (χ0n) is 18.5. The zero-order valence-corrected chi connectivity index (χ0v) is 18.5. The molecule has 1 aromatic carbocycles. The van der Waals surface area contributed by atoms with E-state index in [4.69, 9.17) is 14.2 Å². The quantitative estimate of drug-likeness (QED) is 0.610. The lowest BCUT2D eigenvalue weighted by molar-refractivity contribution is 0.000528. The van der Waals surface area contributed by atoms with Crippen LogP contribution in [0.4, 0.5) is 18.4 Å². The fraction of sp³-hybridized carbons (Fsp3) is 0.545. The Morgan fingerprint density at radius 3 is 2.39 bits per heavy atom. The Hall–Kier alpha value is -2.84. The number of rotatable bonds is 6. The van der Waals surface area contributed by atoms with E-state index < -0.39 is 36.0 Å². The maximum atomic E-state index is 14.2. The van der Waals surface area contributed by atoms with Crippen molar-refractivity contribution < 1.29 is 32.6 Å². The van der Waals surface area contributed by atoms with E-state index in [0.717, 1.165) is 12.1 Å². The van der Waals surface area contributed by atoms with Crippen LogP contribution in [-0.2, 0) is 16.1 Å². The Morgan fingerprint density at radius 1 is 1.19 bits per heavy atom. The summed E-state index contributed by atoms with van der Waals surface area (Å²) < 4.78 is 44.2. The van der Waals surface area contributed by atoms with Crippen LogP contribution in [0.3, 0.4) is 0 Å². The van der Waals surface area contributed by atoms with Gasteiger partial charge in [0.15, 0.2) is 0 Å². The van der Waals surface area contributed by atoms with Gasteiger partial charge in [0.2, 0.25) is 0 Å². The van der Waals surface area contributed by atoms with Gasteiger partial charge in [-0.3, -0.25) is 0 Å². The van der Waals surface area contributed by atoms with Crippen LogP contribution in [0.2, 0.25) is 0 Å². The smallest absolute Gasteiger partial charge is 0.410 e. The van der Waals surface area contributed by atoms with Crippen LogP contribution < -0.4 is 4.74 Å². The summed E-state index contributed by atoms with van der Waals surface area (Å²) in [6.45, 7) is 11.1. The third-order valence-electron chi connectivity index (χ3n) is 4.66. The van der Waals surface area contributed by atoms with Gasteiger partial charge in [-0.2, -0.15) is 0 Å². The lowest BCUT2D eigenvalue weighted by Gasteiger charge is -2.40. The predicted molar refractivity (Wildman–Crippen MR) is 111 cm³/mol. The van der Waals surface area contributed by atoms with Gasteiger partial charge in [0.25, 0.3) is 0 Å². The lowest BCUT2D eigenvalue weighted by atomic mass is 10.1. The van der Waals surface area contributed by atoms with Crippen LogP contribution in [0.5, 0.6) is 5.75 Å². The Morgan fingerprint density at radius 2 is 1.84 bits per heavy atom. The minimum Gasteiger partial charge on any atom is -0.489 e. The van der Waals surface area contributed by atoms with Gasteiger partial charge in [0.1, 0.15) is 36.2 Å². The first-order valence-corrected chi connectivity index (χ1v) is 10.2. The molecule has 1 saturated heterocycles. The fourth-order valence-corrected chi connectivity index (χ4v) is 3.11. The molecule has 0 aromatic heterocycles. The van der Waals surface area contributed by atoms with Crippen molar-refractivity contribution in [3.63, 3.8) is 0 Å². The second-order valence-corrected chi connectivity index (χ2v) is 8.20. The van der Waals surface area contributed by atoms with Crippen LogP contribution in [0, 0.1) is 11.6 Å². The lowest BCUT2D eigenvalue weighted by Crippen LogP contribution is -2.57. The maximum Gasteiger partial charge on any atom is 0.410 e. The topological polar surface area (TPSA) is 68.3 Å². The molecule has 9 heteroatoms. The molecule has 7 nitrogen and oxygen atoms in total. The third-order valence-corrected chi connectivity index (χ3v) is 4.66. The summed E-state index contributed by atoms with van der Waals surface area (Å²) in [5.74, 6) is -1.71. The van der Waals surface area contributed by atoms with E-state index in [-0.39, 0.29) is 37.1 Å².